The third-order valence-corrected chi connectivity index (χ3v) is 4.28. The summed E-state index contributed by atoms with van der Waals surface area (Å²) < 4.78 is 6.91. The van der Waals surface area contributed by atoms with Crippen LogP contribution in [0.3, 0.4) is 0 Å². The molecule has 0 fully saturated rings. The van der Waals surface area contributed by atoms with Crippen molar-refractivity contribution in [3.63, 3.8) is 0 Å². The molecule has 2 rings (SSSR count). The van der Waals surface area contributed by atoms with Gasteiger partial charge in [0.2, 0.25) is 0 Å². The van der Waals surface area contributed by atoms with Crippen LogP contribution in [0.15, 0.2) is 29.6 Å². The van der Waals surface area contributed by atoms with Gasteiger partial charge in [0.25, 0.3) is 0 Å². The molecule has 18 heavy (non-hydrogen) atoms. The van der Waals surface area contributed by atoms with E-state index in [1.54, 1.807) is 18.4 Å². The molecule has 2 unspecified atom stereocenters. The SMILES string of the molecule is COC(C(N)c1cccc2ccsc12)C(C)(C)C. The van der Waals surface area contributed by atoms with Crippen LogP contribution in [0.5, 0.6) is 0 Å². The summed E-state index contributed by atoms with van der Waals surface area (Å²) >= 11 is 1.75. The van der Waals surface area contributed by atoms with Gasteiger partial charge >= 0.3 is 0 Å². The molecule has 1 heterocycles. The molecule has 0 aliphatic rings. The van der Waals surface area contributed by atoms with Gasteiger partial charge in [0, 0.05) is 11.8 Å². The van der Waals surface area contributed by atoms with Crippen molar-refractivity contribution < 1.29 is 4.74 Å². The molecule has 1 aromatic heterocycles. The Labute approximate surface area is 113 Å². The Morgan fingerprint density at radius 3 is 2.56 bits per heavy atom. The van der Waals surface area contributed by atoms with Crippen LogP contribution < -0.4 is 5.73 Å². The summed E-state index contributed by atoms with van der Waals surface area (Å²) in [5, 5.41) is 3.37. The molecule has 3 heteroatoms. The van der Waals surface area contributed by atoms with Crippen molar-refractivity contribution in [3.8, 4) is 0 Å². The van der Waals surface area contributed by atoms with Crippen LogP contribution in [0.4, 0.5) is 0 Å². The molecule has 0 spiro atoms. The lowest BCUT2D eigenvalue weighted by Crippen LogP contribution is -2.38. The van der Waals surface area contributed by atoms with Crippen molar-refractivity contribution in [1.82, 2.24) is 0 Å². The molecule has 0 radical (unpaired) electrons. The average Bonchev–Trinajstić information content (AvgIpc) is 2.75. The minimum Gasteiger partial charge on any atom is -0.379 e. The van der Waals surface area contributed by atoms with E-state index in [0.29, 0.717) is 0 Å². The van der Waals surface area contributed by atoms with Gasteiger partial charge in [-0.3, -0.25) is 0 Å². The standard InChI is InChI=1S/C15H21NOS/c1-15(2,3)14(17-4)12(16)11-7-5-6-10-8-9-18-13(10)11/h5-9,12,14H,16H2,1-4H3. The molecule has 0 aliphatic heterocycles. The monoisotopic (exact) mass is 263 g/mol. The number of fused-ring (bicyclic) bond motifs is 1. The fourth-order valence-corrected chi connectivity index (χ4v) is 3.44. The van der Waals surface area contributed by atoms with E-state index in [0.717, 1.165) is 0 Å². The maximum Gasteiger partial charge on any atom is 0.0812 e. The van der Waals surface area contributed by atoms with Crippen molar-refractivity contribution in [2.75, 3.05) is 7.11 Å². The molecule has 2 aromatic rings. The highest BCUT2D eigenvalue weighted by Crippen LogP contribution is 2.35. The first-order valence-electron chi connectivity index (χ1n) is 6.19. The van der Waals surface area contributed by atoms with Crippen molar-refractivity contribution in [2.45, 2.75) is 32.9 Å². The Hall–Kier alpha value is -0.900. The lowest BCUT2D eigenvalue weighted by molar-refractivity contribution is -0.00209. The second-order valence-electron chi connectivity index (χ2n) is 5.73. The van der Waals surface area contributed by atoms with Gasteiger partial charge in [-0.15, -0.1) is 11.3 Å². The Kier molecular flexibility index (Phi) is 3.76. The molecule has 0 bridgehead atoms. The molecular weight excluding hydrogens is 242 g/mol. The summed E-state index contributed by atoms with van der Waals surface area (Å²) in [4.78, 5) is 0. The largest absolute Gasteiger partial charge is 0.379 e. The van der Waals surface area contributed by atoms with Crippen molar-refractivity contribution in [3.05, 3.63) is 35.2 Å². The summed E-state index contributed by atoms with van der Waals surface area (Å²) in [7, 11) is 1.74. The van der Waals surface area contributed by atoms with Gasteiger partial charge in [-0.25, -0.2) is 0 Å². The Bertz CT molecular complexity index is 527. The van der Waals surface area contributed by atoms with Gasteiger partial charge in [0.15, 0.2) is 0 Å². The highest BCUT2D eigenvalue weighted by atomic mass is 32.1. The topological polar surface area (TPSA) is 35.2 Å². The Morgan fingerprint density at radius 1 is 1.22 bits per heavy atom. The summed E-state index contributed by atoms with van der Waals surface area (Å²) in [6.45, 7) is 6.49. The number of hydrogen-bond donors (Lipinski definition) is 1. The number of thiophene rings is 1. The van der Waals surface area contributed by atoms with Crippen LogP contribution in [-0.4, -0.2) is 13.2 Å². The third kappa shape index (κ3) is 2.44. The molecule has 0 saturated carbocycles. The van der Waals surface area contributed by atoms with Gasteiger partial charge in [-0.2, -0.15) is 0 Å². The zero-order chi connectivity index (χ0) is 13.3. The Balaban J connectivity index is 2.44. The maximum absolute atomic E-state index is 6.44. The average molecular weight is 263 g/mol. The van der Waals surface area contributed by atoms with E-state index in [-0.39, 0.29) is 17.6 Å². The summed E-state index contributed by atoms with van der Waals surface area (Å²) in [6, 6.07) is 8.34. The zero-order valence-corrected chi connectivity index (χ0v) is 12.3. The first-order chi connectivity index (χ1) is 8.45. The molecule has 1 aromatic carbocycles. The van der Waals surface area contributed by atoms with Crippen molar-refractivity contribution >= 4 is 21.4 Å². The molecule has 2 N–H and O–H groups in total. The van der Waals surface area contributed by atoms with Gasteiger partial charge in [-0.05, 0) is 27.8 Å². The van der Waals surface area contributed by atoms with Crippen LogP contribution in [0.1, 0.15) is 32.4 Å². The van der Waals surface area contributed by atoms with Crippen LogP contribution in [0.2, 0.25) is 0 Å². The molecular formula is C15H21NOS. The summed E-state index contributed by atoms with van der Waals surface area (Å²) in [5.41, 5.74) is 7.65. The summed E-state index contributed by atoms with van der Waals surface area (Å²) in [6.07, 6.45) is 0.00481. The smallest absolute Gasteiger partial charge is 0.0812 e. The minimum atomic E-state index is -0.0997. The van der Waals surface area contributed by atoms with Crippen LogP contribution >= 0.6 is 11.3 Å². The zero-order valence-electron chi connectivity index (χ0n) is 11.4. The maximum atomic E-state index is 6.44. The molecule has 2 nitrogen and oxygen atoms in total. The van der Waals surface area contributed by atoms with Gasteiger partial charge in [0.05, 0.1) is 12.1 Å². The highest BCUT2D eigenvalue weighted by molar-refractivity contribution is 7.17. The number of methoxy groups -OCH3 is 1. The first kappa shape index (κ1) is 13.5. The first-order valence-corrected chi connectivity index (χ1v) is 7.07. The highest BCUT2D eigenvalue weighted by Gasteiger charge is 2.31. The van der Waals surface area contributed by atoms with Crippen molar-refractivity contribution in [1.29, 1.82) is 0 Å². The lowest BCUT2D eigenvalue weighted by Gasteiger charge is -2.34. The number of benzene rings is 1. The van der Waals surface area contributed by atoms with E-state index in [2.05, 4.69) is 50.4 Å². The molecule has 0 saturated heterocycles. The van der Waals surface area contributed by atoms with E-state index >= 15 is 0 Å². The van der Waals surface area contributed by atoms with E-state index in [1.165, 1.54) is 15.6 Å². The molecule has 0 aliphatic carbocycles. The van der Waals surface area contributed by atoms with Crippen LogP contribution in [0.25, 0.3) is 10.1 Å². The lowest BCUT2D eigenvalue weighted by atomic mass is 9.82. The number of ether oxygens (including phenoxy) is 1. The fourth-order valence-electron chi connectivity index (χ4n) is 2.48. The second-order valence-corrected chi connectivity index (χ2v) is 6.65. The third-order valence-electron chi connectivity index (χ3n) is 3.30. The van der Waals surface area contributed by atoms with Gasteiger partial charge in [-0.1, -0.05) is 39.0 Å². The Morgan fingerprint density at radius 2 is 1.94 bits per heavy atom. The molecule has 0 amide bonds. The number of nitrogens with two attached hydrogens (primary N) is 1. The normalized spacial score (nSPS) is 15.8. The molecule has 2 atom stereocenters. The summed E-state index contributed by atoms with van der Waals surface area (Å²) in [5.74, 6) is 0. The number of rotatable bonds is 3. The van der Waals surface area contributed by atoms with E-state index in [4.69, 9.17) is 10.5 Å². The van der Waals surface area contributed by atoms with E-state index < -0.39 is 0 Å². The second kappa shape index (κ2) is 5.00. The van der Waals surface area contributed by atoms with Gasteiger partial charge < -0.3 is 10.5 Å². The van der Waals surface area contributed by atoms with Crippen LogP contribution in [0, 0.1) is 5.41 Å². The predicted octanol–water partition coefficient (Wildman–Crippen LogP) is 3.96. The quantitative estimate of drug-likeness (QED) is 0.909. The van der Waals surface area contributed by atoms with Crippen molar-refractivity contribution in [2.24, 2.45) is 11.1 Å². The van der Waals surface area contributed by atoms with E-state index in [1.807, 2.05) is 0 Å². The number of hydrogen-bond acceptors (Lipinski definition) is 3. The fraction of sp³-hybridized carbons (Fsp3) is 0.467. The predicted molar refractivity (Wildman–Crippen MR) is 79.0 cm³/mol. The minimum absolute atomic E-state index is 0.00481. The molecule has 98 valence electrons. The van der Waals surface area contributed by atoms with E-state index in [9.17, 15) is 0 Å². The van der Waals surface area contributed by atoms with Gasteiger partial charge in [0.1, 0.15) is 0 Å². The van der Waals surface area contributed by atoms with Crippen LogP contribution in [-0.2, 0) is 4.74 Å².